The number of sulfonamides is 1. The molecule has 0 heterocycles. The monoisotopic (exact) mass is 284 g/mol. The van der Waals surface area contributed by atoms with E-state index >= 15 is 0 Å². The smallest absolute Gasteiger partial charge is 0.239 e. The summed E-state index contributed by atoms with van der Waals surface area (Å²) in [4.78, 5) is 11.9. The molecule has 0 fully saturated rings. The molecule has 1 aromatic carbocycles. The summed E-state index contributed by atoms with van der Waals surface area (Å²) in [6.45, 7) is 5.17. The molecular weight excluding hydrogens is 264 g/mol. The molecule has 6 heteroatoms. The Hall–Kier alpha value is -1.40. The lowest BCUT2D eigenvalue weighted by atomic mass is 10.1. The maximum absolute atomic E-state index is 11.9. The first-order valence-electron chi connectivity index (χ1n) is 6.08. The zero-order valence-electron chi connectivity index (χ0n) is 11.7. The van der Waals surface area contributed by atoms with Crippen molar-refractivity contribution in [3.05, 3.63) is 29.3 Å². The van der Waals surface area contributed by atoms with Crippen LogP contribution in [0.25, 0.3) is 0 Å². The average molecular weight is 284 g/mol. The zero-order chi connectivity index (χ0) is 14.6. The summed E-state index contributed by atoms with van der Waals surface area (Å²) in [6, 6.07) is 5.71. The average Bonchev–Trinajstić information content (AvgIpc) is 2.34. The van der Waals surface area contributed by atoms with Crippen LogP contribution in [0.2, 0.25) is 0 Å². The van der Waals surface area contributed by atoms with Gasteiger partial charge in [-0.2, -0.15) is 4.31 Å². The number of nitrogens with zero attached hydrogens (tertiary/aromatic N) is 1. The van der Waals surface area contributed by atoms with Crippen LogP contribution < -0.4 is 5.32 Å². The van der Waals surface area contributed by atoms with Crippen LogP contribution in [0.5, 0.6) is 0 Å². The number of benzene rings is 1. The maximum atomic E-state index is 11.9. The summed E-state index contributed by atoms with van der Waals surface area (Å²) in [5.41, 5.74) is 2.65. The van der Waals surface area contributed by atoms with Crippen LogP contribution in [0.1, 0.15) is 18.1 Å². The molecule has 0 atom stereocenters. The van der Waals surface area contributed by atoms with E-state index < -0.39 is 10.0 Å². The second kappa shape index (κ2) is 6.16. The molecule has 0 bridgehead atoms. The van der Waals surface area contributed by atoms with Crippen molar-refractivity contribution >= 4 is 21.6 Å². The molecule has 1 amide bonds. The predicted octanol–water partition coefficient (Wildman–Crippen LogP) is 1.52. The minimum Gasteiger partial charge on any atom is -0.324 e. The number of hydrogen-bond donors (Lipinski definition) is 1. The predicted molar refractivity (Wildman–Crippen MR) is 76.6 cm³/mol. The fraction of sp³-hybridized carbons (Fsp3) is 0.462. The van der Waals surface area contributed by atoms with Crippen LogP contribution >= 0.6 is 0 Å². The number of rotatable bonds is 5. The summed E-state index contributed by atoms with van der Waals surface area (Å²) in [5.74, 6) is -0.350. The quantitative estimate of drug-likeness (QED) is 0.891. The Morgan fingerprint density at radius 1 is 1.26 bits per heavy atom. The van der Waals surface area contributed by atoms with Gasteiger partial charge in [-0.3, -0.25) is 4.79 Å². The second-order valence-electron chi connectivity index (χ2n) is 4.47. The molecule has 19 heavy (non-hydrogen) atoms. The summed E-state index contributed by atoms with van der Waals surface area (Å²) in [5, 5.41) is 2.76. The molecule has 0 radical (unpaired) electrons. The molecule has 0 aromatic heterocycles. The van der Waals surface area contributed by atoms with Gasteiger partial charge in [0.2, 0.25) is 15.9 Å². The van der Waals surface area contributed by atoms with Crippen LogP contribution in [0, 0.1) is 13.8 Å². The molecule has 1 N–H and O–H groups in total. The normalized spacial score (nSPS) is 11.6. The number of nitrogens with one attached hydrogen (secondary N) is 1. The van der Waals surface area contributed by atoms with E-state index in [4.69, 9.17) is 0 Å². The molecule has 106 valence electrons. The highest BCUT2D eigenvalue weighted by molar-refractivity contribution is 7.89. The highest BCUT2D eigenvalue weighted by Crippen LogP contribution is 2.19. The highest BCUT2D eigenvalue weighted by Gasteiger charge is 2.18. The molecule has 1 rings (SSSR count). The van der Waals surface area contributed by atoms with E-state index in [2.05, 4.69) is 5.32 Å². The first-order chi connectivity index (χ1) is 8.77. The van der Waals surface area contributed by atoms with Gasteiger partial charge in [0.25, 0.3) is 0 Å². The Morgan fingerprint density at radius 3 is 2.26 bits per heavy atom. The SMILES string of the molecule is CCS(=O)(=O)N(C)CC(=O)Nc1c(C)cccc1C. The van der Waals surface area contributed by atoms with Crippen LogP contribution in [0.3, 0.4) is 0 Å². The van der Waals surface area contributed by atoms with Crippen molar-refractivity contribution in [2.24, 2.45) is 0 Å². The van der Waals surface area contributed by atoms with Gasteiger partial charge in [-0.25, -0.2) is 8.42 Å². The minimum absolute atomic E-state index is 0.0137. The van der Waals surface area contributed by atoms with E-state index in [-0.39, 0.29) is 18.2 Å². The first kappa shape index (κ1) is 15.7. The van der Waals surface area contributed by atoms with Crippen molar-refractivity contribution in [3.8, 4) is 0 Å². The van der Waals surface area contributed by atoms with Gasteiger partial charge in [-0.15, -0.1) is 0 Å². The van der Waals surface area contributed by atoms with Gasteiger partial charge in [0.05, 0.1) is 12.3 Å². The second-order valence-corrected chi connectivity index (χ2v) is 6.84. The molecule has 0 saturated carbocycles. The Balaban J connectivity index is 2.77. The van der Waals surface area contributed by atoms with Crippen LogP contribution in [0.4, 0.5) is 5.69 Å². The largest absolute Gasteiger partial charge is 0.324 e. The lowest BCUT2D eigenvalue weighted by Gasteiger charge is -2.17. The molecule has 0 saturated heterocycles. The molecule has 0 spiro atoms. The van der Waals surface area contributed by atoms with E-state index in [1.807, 2.05) is 32.0 Å². The Bertz CT molecular complexity index is 547. The summed E-state index contributed by atoms with van der Waals surface area (Å²) >= 11 is 0. The lowest BCUT2D eigenvalue weighted by Crippen LogP contribution is -2.36. The molecule has 0 aliphatic heterocycles. The van der Waals surface area contributed by atoms with Gasteiger partial charge in [-0.05, 0) is 31.9 Å². The number of carbonyl (C=O) groups excluding carboxylic acids is 1. The Labute approximate surface area is 114 Å². The van der Waals surface area contributed by atoms with Gasteiger partial charge < -0.3 is 5.32 Å². The number of para-hydroxylation sites is 1. The number of anilines is 1. The third kappa shape index (κ3) is 4.04. The van der Waals surface area contributed by atoms with Crippen molar-refractivity contribution in [2.45, 2.75) is 20.8 Å². The summed E-state index contributed by atoms with van der Waals surface area (Å²) in [7, 11) is -1.93. The van der Waals surface area contributed by atoms with Crippen molar-refractivity contribution in [1.29, 1.82) is 0 Å². The molecular formula is C13H20N2O3S. The third-order valence-corrected chi connectivity index (χ3v) is 4.76. The van der Waals surface area contributed by atoms with Gasteiger partial charge in [0, 0.05) is 12.7 Å². The van der Waals surface area contributed by atoms with E-state index in [0.29, 0.717) is 0 Å². The minimum atomic E-state index is -3.33. The number of hydrogen-bond acceptors (Lipinski definition) is 3. The fourth-order valence-corrected chi connectivity index (χ4v) is 2.47. The zero-order valence-corrected chi connectivity index (χ0v) is 12.5. The van der Waals surface area contributed by atoms with Crippen LogP contribution in [0.15, 0.2) is 18.2 Å². The Kier molecular flexibility index (Phi) is 5.08. The number of carbonyl (C=O) groups is 1. The van der Waals surface area contributed by atoms with E-state index in [0.717, 1.165) is 21.1 Å². The van der Waals surface area contributed by atoms with Gasteiger partial charge >= 0.3 is 0 Å². The Morgan fingerprint density at radius 2 is 1.79 bits per heavy atom. The van der Waals surface area contributed by atoms with Gasteiger partial charge in [-0.1, -0.05) is 18.2 Å². The van der Waals surface area contributed by atoms with Crippen molar-refractivity contribution < 1.29 is 13.2 Å². The molecule has 0 aliphatic carbocycles. The molecule has 0 aliphatic rings. The van der Waals surface area contributed by atoms with Gasteiger partial charge in [0.1, 0.15) is 0 Å². The number of likely N-dealkylation sites (N-methyl/N-ethyl adjacent to an activating group) is 1. The van der Waals surface area contributed by atoms with Gasteiger partial charge in [0.15, 0.2) is 0 Å². The molecule has 5 nitrogen and oxygen atoms in total. The van der Waals surface area contributed by atoms with E-state index in [1.54, 1.807) is 6.92 Å². The topological polar surface area (TPSA) is 66.5 Å². The maximum Gasteiger partial charge on any atom is 0.239 e. The molecule has 1 aromatic rings. The van der Waals surface area contributed by atoms with Crippen molar-refractivity contribution in [2.75, 3.05) is 24.7 Å². The summed E-state index contributed by atoms with van der Waals surface area (Å²) < 4.78 is 24.2. The third-order valence-electron chi connectivity index (χ3n) is 2.95. The molecule has 0 unspecified atom stereocenters. The van der Waals surface area contributed by atoms with Crippen molar-refractivity contribution in [1.82, 2.24) is 4.31 Å². The lowest BCUT2D eigenvalue weighted by molar-refractivity contribution is -0.116. The summed E-state index contributed by atoms with van der Waals surface area (Å²) in [6.07, 6.45) is 0. The number of aryl methyl sites for hydroxylation is 2. The fourth-order valence-electron chi connectivity index (χ4n) is 1.71. The van der Waals surface area contributed by atoms with Crippen molar-refractivity contribution in [3.63, 3.8) is 0 Å². The van der Waals surface area contributed by atoms with E-state index in [1.165, 1.54) is 7.05 Å². The van der Waals surface area contributed by atoms with Crippen LogP contribution in [-0.4, -0.2) is 38.0 Å². The highest BCUT2D eigenvalue weighted by atomic mass is 32.2. The van der Waals surface area contributed by atoms with Crippen LogP contribution in [-0.2, 0) is 14.8 Å². The number of amides is 1. The van der Waals surface area contributed by atoms with E-state index in [9.17, 15) is 13.2 Å². The standard InChI is InChI=1S/C13H20N2O3S/c1-5-19(17,18)15(4)9-12(16)14-13-10(2)7-6-8-11(13)3/h6-8H,5,9H2,1-4H3,(H,14,16). The first-order valence-corrected chi connectivity index (χ1v) is 7.69.